The van der Waals surface area contributed by atoms with Crippen LogP contribution in [-0.2, 0) is 0 Å². The lowest BCUT2D eigenvalue weighted by atomic mass is 9.95. The standard InChI is InChI=1S/C22H29N3O2/c1-14-12-19(23)20(13-21(14)25-15(2)6-5-7-16(25)3)24-22(26)17-8-10-18(27-4)11-9-17/h8-13,15-16H,5-7,23H2,1-4H3,(H,24,26)/t15-,16+. The van der Waals surface area contributed by atoms with Crippen LogP contribution in [0.5, 0.6) is 5.75 Å². The fourth-order valence-corrected chi connectivity index (χ4v) is 3.94. The Morgan fingerprint density at radius 2 is 1.78 bits per heavy atom. The van der Waals surface area contributed by atoms with Crippen molar-refractivity contribution in [2.45, 2.75) is 52.1 Å². The largest absolute Gasteiger partial charge is 0.497 e. The Labute approximate surface area is 161 Å². The molecule has 0 radical (unpaired) electrons. The zero-order chi connectivity index (χ0) is 19.6. The Hall–Kier alpha value is -2.69. The van der Waals surface area contributed by atoms with E-state index in [-0.39, 0.29) is 5.91 Å². The molecule has 1 amide bonds. The van der Waals surface area contributed by atoms with Gasteiger partial charge in [-0.25, -0.2) is 0 Å². The van der Waals surface area contributed by atoms with Gasteiger partial charge in [0.1, 0.15) is 5.75 Å². The highest BCUT2D eigenvalue weighted by Crippen LogP contribution is 2.36. The van der Waals surface area contributed by atoms with Gasteiger partial charge in [0.15, 0.2) is 0 Å². The molecule has 0 saturated carbocycles. The Balaban J connectivity index is 1.88. The number of methoxy groups -OCH3 is 1. The first-order valence-corrected chi connectivity index (χ1v) is 9.54. The molecule has 2 aromatic carbocycles. The first-order valence-electron chi connectivity index (χ1n) is 9.54. The number of rotatable bonds is 4. The number of carbonyl (C=O) groups excluding carboxylic acids is 1. The summed E-state index contributed by atoms with van der Waals surface area (Å²) in [7, 11) is 1.60. The lowest BCUT2D eigenvalue weighted by Crippen LogP contribution is -2.44. The van der Waals surface area contributed by atoms with Crippen molar-refractivity contribution in [1.29, 1.82) is 0 Å². The maximum absolute atomic E-state index is 12.6. The van der Waals surface area contributed by atoms with Gasteiger partial charge < -0.3 is 20.7 Å². The van der Waals surface area contributed by atoms with Gasteiger partial charge in [0.05, 0.1) is 18.5 Å². The number of benzene rings is 2. The smallest absolute Gasteiger partial charge is 0.255 e. The number of aryl methyl sites for hydroxylation is 1. The Bertz CT molecular complexity index is 807. The van der Waals surface area contributed by atoms with Gasteiger partial charge in [0, 0.05) is 23.3 Å². The van der Waals surface area contributed by atoms with Crippen LogP contribution in [0.4, 0.5) is 17.1 Å². The molecule has 1 aliphatic rings. The lowest BCUT2D eigenvalue weighted by molar-refractivity contribution is 0.102. The summed E-state index contributed by atoms with van der Waals surface area (Å²) in [4.78, 5) is 15.1. The zero-order valence-electron chi connectivity index (χ0n) is 16.6. The minimum atomic E-state index is -0.182. The summed E-state index contributed by atoms with van der Waals surface area (Å²) in [6, 6.07) is 12.0. The molecule has 5 heteroatoms. The molecule has 0 aliphatic carbocycles. The molecular formula is C22H29N3O2. The number of nitrogen functional groups attached to an aromatic ring is 1. The van der Waals surface area contributed by atoms with E-state index in [2.05, 4.69) is 31.0 Å². The number of ether oxygens (including phenoxy) is 1. The van der Waals surface area contributed by atoms with Crippen LogP contribution in [0.25, 0.3) is 0 Å². The number of anilines is 3. The highest BCUT2D eigenvalue weighted by atomic mass is 16.5. The van der Waals surface area contributed by atoms with Crippen LogP contribution >= 0.6 is 0 Å². The number of amides is 1. The van der Waals surface area contributed by atoms with Gasteiger partial charge in [0.2, 0.25) is 0 Å². The van der Waals surface area contributed by atoms with Crippen molar-refractivity contribution < 1.29 is 9.53 Å². The molecule has 0 unspecified atom stereocenters. The normalized spacial score (nSPS) is 19.6. The molecule has 2 aromatic rings. The Morgan fingerprint density at radius 1 is 1.15 bits per heavy atom. The molecule has 2 atom stereocenters. The van der Waals surface area contributed by atoms with Gasteiger partial charge in [-0.2, -0.15) is 0 Å². The molecule has 1 saturated heterocycles. The van der Waals surface area contributed by atoms with Gasteiger partial charge in [-0.05, 0) is 82.0 Å². The average Bonchev–Trinajstić information content (AvgIpc) is 2.65. The first-order chi connectivity index (χ1) is 12.9. The molecule has 144 valence electrons. The molecular weight excluding hydrogens is 338 g/mol. The van der Waals surface area contributed by atoms with Crippen molar-refractivity contribution in [2.24, 2.45) is 0 Å². The molecule has 27 heavy (non-hydrogen) atoms. The summed E-state index contributed by atoms with van der Waals surface area (Å²) < 4.78 is 5.15. The van der Waals surface area contributed by atoms with Crippen molar-refractivity contribution >= 4 is 23.0 Å². The van der Waals surface area contributed by atoms with Gasteiger partial charge in [-0.1, -0.05) is 0 Å². The van der Waals surface area contributed by atoms with E-state index in [4.69, 9.17) is 10.5 Å². The molecule has 0 bridgehead atoms. The monoisotopic (exact) mass is 367 g/mol. The van der Waals surface area contributed by atoms with Crippen LogP contribution in [0.2, 0.25) is 0 Å². The first kappa shape index (κ1) is 19.1. The fourth-order valence-electron chi connectivity index (χ4n) is 3.94. The van der Waals surface area contributed by atoms with E-state index in [1.807, 2.05) is 12.1 Å². The molecule has 1 heterocycles. The number of nitrogens with two attached hydrogens (primary N) is 1. The molecule has 1 aliphatic heterocycles. The summed E-state index contributed by atoms with van der Waals surface area (Å²) in [6.07, 6.45) is 3.62. The highest BCUT2D eigenvalue weighted by molar-refractivity contribution is 6.06. The number of nitrogens with zero attached hydrogens (tertiary/aromatic N) is 1. The van der Waals surface area contributed by atoms with Crippen LogP contribution < -0.4 is 20.7 Å². The van der Waals surface area contributed by atoms with E-state index >= 15 is 0 Å². The van der Waals surface area contributed by atoms with Crippen LogP contribution in [0, 0.1) is 6.92 Å². The number of hydrogen-bond acceptors (Lipinski definition) is 4. The summed E-state index contributed by atoms with van der Waals surface area (Å²) in [5, 5.41) is 2.97. The van der Waals surface area contributed by atoms with E-state index < -0.39 is 0 Å². The van der Waals surface area contributed by atoms with Gasteiger partial charge in [-0.15, -0.1) is 0 Å². The average molecular weight is 367 g/mol. The SMILES string of the molecule is COc1ccc(C(=O)Nc2cc(N3[C@H](C)CCC[C@@H]3C)c(C)cc2N)cc1. The predicted octanol–water partition coefficient (Wildman–Crippen LogP) is 4.61. The highest BCUT2D eigenvalue weighted by Gasteiger charge is 2.26. The van der Waals surface area contributed by atoms with E-state index in [0.29, 0.717) is 29.0 Å². The summed E-state index contributed by atoms with van der Waals surface area (Å²) in [5.41, 5.74) is 10.3. The third kappa shape index (κ3) is 4.02. The topological polar surface area (TPSA) is 67.6 Å². The molecule has 0 spiro atoms. The summed E-state index contributed by atoms with van der Waals surface area (Å²) in [6.45, 7) is 6.61. The second kappa shape index (κ2) is 7.91. The quantitative estimate of drug-likeness (QED) is 0.775. The number of nitrogens with one attached hydrogen (secondary N) is 1. The van der Waals surface area contributed by atoms with Crippen molar-refractivity contribution in [3.8, 4) is 5.75 Å². The number of hydrogen-bond donors (Lipinski definition) is 2. The molecule has 1 fully saturated rings. The fraction of sp³-hybridized carbons (Fsp3) is 0.409. The van der Waals surface area contributed by atoms with Gasteiger partial charge in [-0.3, -0.25) is 4.79 Å². The van der Waals surface area contributed by atoms with Crippen LogP contribution in [-0.4, -0.2) is 25.1 Å². The third-order valence-electron chi connectivity index (χ3n) is 5.44. The van der Waals surface area contributed by atoms with E-state index in [0.717, 1.165) is 17.0 Å². The molecule has 0 aromatic heterocycles. The Kier molecular flexibility index (Phi) is 5.59. The zero-order valence-corrected chi connectivity index (χ0v) is 16.6. The summed E-state index contributed by atoms with van der Waals surface area (Å²) in [5.74, 6) is 0.538. The third-order valence-corrected chi connectivity index (χ3v) is 5.44. The van der Waals surface area contributed by atoms with Crippen molar-refractivity contribution in [2.75, 3.05) is 23.1 Å². The van der Waals surface area contributed by atoms with Crippen LogP contribution in [0.3, 0.4) is 0 Å². The van der Waals surface area contributed by atoms with Gasteiger partial charge in [0.25, 0.3) is 5.91 Å². The van der Waals surface area contributed by atoms with Gasteiger partial charge >= 0.3 is 0 Å². The van der Waals surface area contributed by atoms with Crippen molar-refractivity contribution in [3.63, 3.8) is 0 Å². The van der Waals surface area contributed by atoms with Crippen molar-refractivity contribution in [3.05, 3.63) is 47.5 Å². The maximum atomic E-state index is 12.6. The molecule has 3 rings (SSSR count). The number of carbonyl (C=O) groups is 1. The second-order valence-corrected chi connectivity index (χ2v) is 7.44. The van der Waals surface area contributed by atoms with Crippen LogP contribution in [0.1, 0.15) is 49.0 Å². The van der Waals surface area contributed by atoms with E-state index in [1.54, 1.807) is 31.4 Å². The van der Waals surface area contributed by atoms with Crippen LogP contribution in [0.15, 0.2) is 36.4 Å². The molecule has 5 nitrogen and oxygen atoms in total. The number of piperidine rings is 1. The van der Waals surface area contributed by atoms with Crippen molar-refractivity contribution in [1.82, 2.24) is 0 Å². The Morgan fingerprint density at radius 3 is 2.37 bits per heavy atom. The molecule has 3 N–H and O–H groups in total. The maximum Gasteiger partial charge on any atom is 0.255 e. The predicted molar refractivity (Wildman–Crippen MR) is 112 cm³/mol. The second-order valence-electron chi connectivity index (χ2n) is 7.44. The van der Waals surface area contributed by atoms with E-state index in [9.17, 15) is 4.79 Å². The lowest BCUT2D eigenvalue weighted by Gasteiger charge is -2.42. The van der Waals surface area contributed by atoms with E-state index in [1.165, 1.54) is 19.3 Å². The minimum Gasteiger partial charge on any atom is -0.497 e. The summed E-state index contributed by atoms with van der Waals surface area (Å²) >= 11 is 0. The minimum absolute atomic E-state index is 0.182.